The lowest BCUT2D eigenvalue weighted by Gasteiger charge is -1.94. The molecule has 1 heterocycles. The van der Waals surface area contributed by atoms with Crippen LogP contribution in [0.2, 0.25) is 0 Å². The topological polar surface area (TPSA) is 52.7 Å². The first-order valence-electron chi connectivity index (χ1n) is 3.30. The maximum absolute atomic E-state index is 8.41. The molecule has 1 N–H and O–H groups in total. The van der Waals surface area contributed by atoms with Gasteiger partial charge in [0.2, 0.25) is 0 Å². The predicted molar refractivity (Wildman–Crippen MR) is 37.3 cm³/mol. The molecule has 0 amide bonds. The monoisotopic (exact) mass is 152 g/mol. The lowest BCUT2D eigenvalue weighted by Crippen LogP contribution is -2.36. The summed E-state index contributed by atoms with van der Waals surface area (Å²) >= 11 is 0. The van der Waals surface area contributed by atoms with Crippen molar-refractivity contribution in [2.75, 3.05) is 7.11 Å². The number of nitrogens with one attached hydrogen (secondary N) is 1. The third-order valence-electron chi connectivity index (χ3n) is 1.37. The van der Waals surface area contributed by atoms with Gasteiger partial charge >= 0.3 is 0 Å². The lowest BCUT2D eigenvalue weighted by molar-refractivity contribution is -0.736. The molecule has 0 aliphatic rings. The van der Waals surface area contributed by atoms with Crippen LogP contribution in [0, 0.1) is 11.3 Å². The molecule has 0 atom stereocenters. The van der Waals surface area contributed by atoms with Crippen LogP contribution < -0.4 is 4.57 Å². The second-order valence-electron chi connectivity index (χ2n) is 2.13. The SMILES string of the molecule is COC[n+]1cc[nH]c1CC#N. The van der Waals surface area contributed by atoms with E-state index in [9.17, 15) is 0 Å². The maximum atomic E-state index is 8.41. The van der Waals surface area contributed by atoms with E-state index in [1.807, 2.05) is 10.8 Å². The average Bonchev–Trinajstić information content (AvgIpc) is 2.39. The van der Waals surface area contributed by atoms with Crippen LogP contribution in [-0.2, 0) is 17.9 Å². The molecule has 0 bridgehead atoms. The van der Waals surface area contributed by atoms with Gasteiger partial charge in [-0.3, -0.25) is 0 Å². The average molecular weight is 152 g/mol. The highest BCUT2D eigenvalue weighted by molar-refractivity contribution is 4.88. The Labute approximate surface area is 65.0 Å². The van der Waals surface area contributed by atoms with Crippen molar-refractivity contribution < 1.29 is 9.30 Å². The van der Waals surface area contributed by atoms with Gasteiger partial charge in [0.05, 0.1) is 6.07 Å². The van der Waals surface area contributed by atoms with Gasteiger partial charge in [-0.15, -0.1) is 0 Å². The van der Waals surface area contributed by atoms with Gasteiger partial charge in [-0.05, 0) is 0 Å². The van der Waals surface area contributed by atoms with Gasteiger partial charge in [0.25, 0.3) is 5.82 Å². The van der Waals surface area contributed by atoms with Crippen LogP contribution in [0.15, 0.2) is 12.4 Å². The van der Waals surface area contributed by atoms with E-state index in [-0.39, 0.29) is 0 Å². The number of imidazole rings is 1. The maximum Gasteiger partial charge on any atom is 0.270 e. The van der Waals surface area contributed by atoms with Crippen molar-refractivity contribution >= 4 is 0 Å². The minimum absolute atomic E-state index is 0.385. The molecule has 0 saturated heterocycles. The van der Waals surface area contributed by atoms with Crippen molar-refractivity contribution in [2.45, 2.75) is 13.2 Å². The molecule has 1 aromatic rings. The van der Waals surface area contributed by atoms with Crippen molar-refractivity contribution in [3.8, 4) is 6.07 Å². The first-order valence-corrected chi connectivity index (χ1v) is 3.30. The number of rotatable bonds is 3. The molecule has 0 spiro atoms. The molecule has 4 heteroatoms. The lowest BCUT2D eigenvalue weighted by atomic mass is 10.4. The third-order valence-corrected chi connectivity index (χ3v) is 1.37. The van der Waals surface area contributed by atoms with Crippen LogP contribution >= 0.6 is 0 Å². The zero-order valence-electron chi connectivity index (χ0n) is 6.37. The van der Waals surface area contributed by atoms with E-state index in [0.29, 0.717) is 13.2 Å². The summed E-state index contributed by atoms with van der Waals surface area (Å²) in [6.07, 6.45) is 4.01. The molecule has 0 aliphatic carbocycles. The van der Waals surface area contributed by atoms with Gasteiger partial charge in [-0.25, -0.2) is 9.55 Å². The molecular weight excluding hydrogens is 142 g/mol. The molecule has 4 nitrogen and oxygen atoms in total. The number of H-pyrrole nitrogens is 1. The molecule has 0 fully saturated rings. The Morgan fingerprint density at radius 3 is 3.27 bits per heavy atom. The first kappa shape index (κ1) is 7.76. The predicted octanol–water partition coefficient (Wildman–Crippen LogP) is -0.0278. The number of aromatic amines is 1. The van der Waals surface area contributed by atoms with Crippen LogP contribution in [0.4, 0.5) is 0 Å². The number of hydrogen-bond acceptors (Lipinski definition) is 2. The fourth-order valence-electron chi connectivity index (χ4n) is 0.884. The summed E-state index contributed by atoms with van der Waals surface area (Å²) in [5.41, 5.74) is 0. The minimum atomic E-state index is 0.385. The first-order chi connectivity index (χ1) is 5.38. The second-order valence-corrected chi connectivity index (χ2v) is 2.13. The van der Waals surface area contributed by atoms with E-state index in [1.165, 1.54) is 0 Å². The fraction of sp³-hybridized carbons (Fsp3) is 0.429. The van der Waals surface area contributed by atoms with E-state index in [1.54, 1.807) is 13.3 Å². The van der Waals surface area contributed by atoms with Crippen LogP contribution in [0.25, 0.3) is 0 Å². The van der Waals surface area contributed by atoms with Gasteiger partial charge in [0, 0.05) is 7.11 Å². The van der Waals surface area contributed by atoms with Gasteiger partial charge in [-0.1, -0.05) is 0 Å². The van der Waals surface area contributed by atoms with Crippen LogP contribution in [0.1, 0.15) is 5.82 Å². The molecular formula is C7H10N3O+. The Morgan fingerprint density at radius 1 is 1.82 bits per heavy atom. The van der Waals surface area contributed by atoms with Gasteiger partial charge in [0.15, 0.2) is 6.73 Å². The summed E-state index contributed by atoms with van der Waals surface area (Å²) in [4.78, 5) is 2.95. The molecule has 1 aromatic heterocycles. The summed E-state index contributed by atoms with van der Waals surface area (Å²) in [6.45, 7) is 0.487. The molecule has 0 radical (unpaired) electrons. The Morgan fingerprint density at radius 2 is 2.64 bits per heavy atom. The largest absolute Gasteiger partial charge is 0.345 e. The van der Waals surface area contributed by atoms with Crippen LogP contribution in [0.3, 0.4) is 0 Å². The number of ether oxygens (including phenoxy) is 1. The summed E-state index contributed by atoms with van der Waals surface area (Å²) in [7, 11) is 1.62. The Kier molecular flexibility index (Phi) is 2.64. The van der Waals surface area contributed by atoms with E-state index in [2.05, 4.69) is 11.1 Å². The molecule has 1 rings (SSSR count). The van der Waals surface area contributed by atoms with E-state index >= 15 is 0 Å². The Bertz CT molecular complexity index is 261. The Balaban J connectivity index is 2.71. The quantitative estimate of drug-likeness (QED) is 0.618. The van der Waals surface area contributed by atoms with Crippen LogP contribution in [-0.4, -0.2) is 12.1 Å². The summed E-state index contributed by atoms with van der Waals surface area (Å²) in [5.74, 6) is 0.870. The fourth-order valence-corrected chi connectivity index (χ4v) is 0.884. The molecule has 0 saturated carbocycles. The smallest absolute Gasteiger partial charge is 0.270 e. The van der Waals surface area contributed by atoms with Crippen molar-refractivity contribution in [1.82, 2.24) is 4.98 Å². The molecule has 11 heavy (non-hydrogen) atoms. The van der Waals surface area contributed by atoms with Gasteiger partial charge in [-0.2, -0.15) is 5.26 Å². The third kappa shape index (κ3) is 1.79. The molecule has 0 unspecified atom stereocenters. The number of nitrogens with zero attached hydrogens (tertiary/aromatic N) is 2. The van der Waals surface area contributed by atoms with Gasteiger partial charge in [0.1, 0.15) is 18.8 Å². The molecule has 0 aliphatic heterocycles. The summed E-state index contributed by atoms with van der Waals surface area (Å²) < 4.78 is 6.76. The van der Waals surface area contributed by atoms with Gasteiger partial charge < -0.3 is 4.74 Å². The highest BCUT2D eigenvalue weighted by Gasteiger charge is 2.07. The highest BCUT2D eigenvalue weighted by Crippen LogP contribution is 1.86. The normalized spacial score (nSPS) is 9.45. The van der Waals surface area contributed by atoms with E-state index in [4.69, 9.17) is 10.00 Å². The minimum Gasteiger partial charge on any atom is -0.345 e. The Hall–Kier alpha value is -1.34. The number of methoxy groups -OCH3 is 1. The zero-order valence-corrected chi connectivity index (χ0v) is 6.37. The van der Waals surface area contributed by atoms with Crippen molar-refractivity contribution in [3.63, 3.8) is 0 Å². The number of hydrogen-bond donors (Lipinski definition) is 1. The zero-order chi connectivity index (χ0) is 8.10. The molecule has 58 valence electrons. The number of nitriles is 1. The van der Waals surface area contributed by atoms with E-state index < -0.39 is 0 Å². The van der Waals surface area contributed by atoms with Crippen molar-refractivity contribution in [1.29, 1.82) is 5.26 Å². The molecule has 0 aromatic carbocycles. The van der Waals surface area contributed by atoms with Crippen molar-refractivity contribution in [2.24, 2.45) is 0 Å². The highest BCUT2D eigenvalue weighted by atomic mass is 16.5. The number of aromatic nitrogens is 2. The van der Waals surface area contributed by atoms with Crippen molar-refractivity contribution in [3.05, 3.63) is 18.2 Å². The second kappa shape index (κ2) is 3.74. The standard InChI is InChI=1S/C7H9N3O/c1-11-6-10-5-4-9-7(10)2-3-8/h4-5H,2,6H2,1H3/p+1. The summed E-state index contributed by atoms with van der Waals surface area (Å²) in [6, 6.07) is 2.06. The van der Waals surface area contributed by atoms with Crippen LogP contribution in [0.5, 0.6) is 0 Å². The summed E-state index contributed by atoms with van der Waals surface area (Å²) in [5, 5.41) is 8.41. The van der Waals surface area contributed by atoms with E-state index in [0.717, 1.165) is 5.82 Å².